The van der Waals surface area contributed by atoms with E-state index in [1.54, 1.807) is 13.8 Å². The monoisotopic (exact) mass is 316 g/mol. The molecule has 0 heterocycles. The van der Waals surface area contributed by atoms with Gasteiger partial charge in [-0.25, -0.2) is 4.79 Å². The second-order valence-electron chi connectivity index (χ2n) is 5.01. The Morgan fingerprint density at radius 2 is 1.85 bits per heavy atom. The van der Waals surface area contributed by atoms with Gasteiger partial charge in [-0.05, 0) is 12.8 Å². The van der Waals surface area contributed by atoms with Gasteiger partial charge in [-0.3, -0.25) is 0 Å². The molecule has 0 saturated carbocycles. The van der Waals surface area contributed by atoms with Gasteiger partial charge < -0.3 is 8.92 Å². The van der Waals surface area contributed by atoms with E-state index in [-0.39, 0.29) is 12.0 Å². The number of ether oxygens (including phenoxy) is 1. The van der Waals surface area contributed by atoms with Gasteiger partial charge in [0.25, 0.3) is 0 Å². The number of carbonyl (C=O) groups is 1. The molecule has 0 N–H and O–H groups in total. The predicted molar refractivity (Wildman–Crippen MR) is 62.7 cm³/mol. The molecule has 20 heavy (non-hydrogen) atoms. The minimum absolute atomic E-state index is 0.0663. The summed E-state index contributed by atoms with van der Waals surface area (Å²) in [5.74, 6) is -1.38. The van der Waals surface area contributed by atoms with Crippen molar-refractivity contribution in [2.75, 3.05) is 7.11 Å². The zero-order valence-corrected chi connectivity index (χ0v) is 12.0. The van der Waals surface area contributed by atoms with Crippen LogP contribution < -0.4 is 0 Å². The lowest BCUT2D eigenvalue weighted by atomic mass is 9.75. The van der Waals surface area contributed by atoms with E-state index < -0.39 is 32.8 Å². The van der Waals surface area contributed by atoms with Crippen molar-refractivity contribution in [2.45, 2.75) is 38.6 Å². The van der Waals surface area contributed by atoms with E-state index in [9.17, 15) is 26.4 Å². The van der Waals surface area contributed by atoms with Crippen molar-refractivity contribution in [3.05, 3.63) is 11.3 Å². The van der Waals surface area contributed by atoms with E-state index >= 15 is 0 Å². The standard InChI is InChI=1S/C11H15F3O5S/c1-10(2)6-4-5-7(8(10)9(15)18-3)19-20(16,17)11(12,13)14/h4-6H2,1-3H3. The number of hydrogen-bond acceptors (Lipinski definition) is 5. The number of alkyl halides is 3. The molecule has 0 bridgehead atoms. The number of hydrogen-bond donors (Lipinski definition) is 0. The molecule has 0 fully saturated rings. The van der Waals surface area contributed by atoms with E-state index in [1.807, 2.05) is 0 Å². The van der Waals surface area contributed by atoms with Crippen LogP contribution in [-0.2, 0) is 23.8 Å². The zero-order valence-electron chi connectivity index (χ0n) is 11.2. The molecule has 5 nitrogen and oxygen atoms in total. The number of esters is 1. The van der Waals surface area contributed by atoms with E-state index in [1.165, 1.54) is 0 Å². The van der Waals surface area contributed by atoms with Gasteiger partial charge >= 0.3 is 21.6 Å². The highest BCUT2D eigenvalue weighted by Gasteiger charge is 2.50. The van der Waals surface area contributed by atoms with Crippen LogP contribution in [-0.4, -0.2) is 27.0 Å². The first-order valence-corrected chi connectivity index (χ1v) is 7.16. The van der Waals surface area contributed by atoms with Crippen LogP contribution in [0, 0.1) is 5.41 Å². The summed E-state index contributed by atoms with van der Waals surface area (Å²) >= 11 is 0. The highest BCUT2D eigenvalue weighted by atomic mass is 32.2. The fraction of sp³-hybridized carbons (Fsp3) is 0.727. The molecule has 0 radical (unpaired) electrons. The van der Waals surface area contributed by atoms with Gasteiger partial charge in [-0.2, -0.15) is 21.6 Å². The lowest BCUT2D eigenvalue weighted by Gasteiger charge is -2.32. The Kier molecular flexibility index (Phi) is 4.42. The van der Waals surface area contributed by atoms with E-state index in [4.69, 9.17) is 0 Å². The molecule has 0 unspecified atom stereocenters. The summed E-state index contributed by atoms with van der Waals surface area (Å²) in [6.07, 6.45) is 0.857. The van der Waals surface area contributed by atoms with Gasteiger partial charge in [0, 0.05) is 11.8 Å². The van der Waals surface area contributed by atoms with E-state index in [2.05, 4.69) is 8.92 Å². The molecular formula is C11H15F3O5S. The molecule has 0 aliphatic heterocycles. The fourth-order valence-corrected chi connectivity index (χ4v) is 2.60. The first kappa shape index (κ1) is 16.8. The van der Waals surface area contributed by atoms with E-state index in [0.717, 1.165) is 7.11 Å². The maximum absolute atomic E-state index is 12.3. The predicted octanol–water partition coefficient (Wildman–Crippen LogP) is 2.49. The minimum Gasteiger partial charge on any atom is -0.466 e. The molecule has 0 aromatic rings. The average molecular weight is 316 g/mol. The van der Waals surface area contributed by atoms with Crippen molar-refractivity contribution in [3.63, 3.8) is 0 Å². The smallest absolute Gasteiger partial charge is 0.466 e. The van der Waals surface area contributed by atoms with Gasteiger partial charge in [0.1, 0.15) is 5.76 Å². The molecule has 1 aliphatic rings. The number of methoxy groups -OCH3 is 1. The average Bonchev–Trinajstić information content (AvgIpc) is 2.25. The van der Waals surface area contributed by atoms with Crippen LogP contribution in [0.5, 0.6) is 0 Å². The molecule has 116 valence electrons. The molecule has 0 aromatic carbocycles. The van der Waals surface area contributed by atoms with E-state index in [0.29, 0.717) is 12.8 Å². The highest BCUT2D eigenvalue weighted by molar-refractivity contribution is 7.87. The van der Waals surface area contributed by atoms with Crippen LogP contribution in [0.1, 0.15) is 33.1 Å². The SMILES string of the molecule is COC(=O)C1=C(OS(=O)(=O)C(F)(F)F)CCCC1(C)C. The van der Waals surface area contributed by atoms with Crippen LogP contribution in [0.25, 0.3) is 0 Å². The lowest BCUT2D eigenvalue weighted by Crippen LogP contribution is -2.31. The number of carbonyl (C=O) groups excluding carboxylic acids is 1. The topological polar surface area (TPSA) is 69.7 Å². The Morgan fingerprint density at radius 3 is 2.30 bits per heavy atom. The molecular weight excluding hydrogens is 301 g/mol. The lowest BCUT2D eigenvalue weighted by molar-refractivity contribution is -0.137. The third-order valence-corrected chi connectivity index (χ3v) is 4.03. The molecule has 0 spiro atoms. The number of rotatable bonds is 3. The summed E-state index contributed by atoms with van der Waals surface area (Å²) in [7, 11) is -4.72. The highest BCUT2D eigenvalue weighted by Crippen LogP contribution is 2.42. The Balaban J connectivity index is 3.30. The maximum atomic E-state index is 12.3. The molecule has 0 aromatic heterocycles. The van der Waals surface area contributed by atoms with Gasteiger partial charge in [0.2, 0.25) is 0 Å². The summed E-state index contributed by atoms with van der Waals surface area (Å²) in [5.41, 5.74) is -6.52. The van der Waals surface area contributed by atoms with Gasteiger partial charge in [-0.1, -0.05) is 13.8 Å². The van der Waals surface area contributed by atoms with Crippen LogP contribution >= 0.6 is 0 Å². The largest absolute Gasteiger partial charge is 0.534 e. The van der Waals surface area contributed by atoms with Crippen LogP contribution in [0.2, 0.25) is 0 Å². The Hall–Kier alpha value is -1.25. The zero-order chi connectivity index (χ0) is 15.8. The van der Waals surface area contributed by atoms with Crippen molar-refractivity contribution < 1.29 is 35.3 Å². The van der Waals surface area contributed by atoms with Crippen LogP contribution in [0.4, 0.5) is 13.2 Å². The Labute approximate surface area is 114 Å². The molecule has 1 rings (SSSR count). The van der Waals surface area contributed by atoms with Crippen molar-refractivity contribution in [1.82, 2.24) is 0 Å². The summed E-state index contributed by atoms with van der Waals surface area (Å²) in [6, 6.07) is 0. The second-order valence-corrected chi connectivity index (χ2v) is 6.55. The fourth-order valence-electron chi connectivity index (χ4n) is 2.07. The van der Waals surface area contributed by atoms with Crippen molar-refractivity contribution in [2.24, 2.45) is 5.41 Å². The first-order valence-electron chi connectivity index (χ1n) is 5.75. The quantitative estimate of drug-likeness (QED) is 0.454. The molecule has 0 saturated heterocycles. The van der Waals surface area contributed by atoms with Gasteiger partial charge in [0.15, 0.2) is 0 Å². The van der Waals surface area contributed by atoms with Gasteiger partial charge in [-0.15, -0.1) is 0 Å². The second kappa shape index (κ2) is 5.27. The normalized spacial score (nSPS) is 19.7. The van der Waals surface area contributed by atoms with Crippen molar-refractivity contribution in [3.8, 4) is 0 Å². The van der Waals surface area contributed by atoms with Crippen molar-refractivity contribution in [1.29, 1.82) is 0 Å². The first-order chi connectivity index (χ1) is 8.92. The minimum atomic E-state index is -5.79. The number of halogens is 3. The summed E-state index contributed by atoms with van der Waals surface area (Å²) in [5, 5.41) is 0. The number of allylic oxidation sites excluding steroid dienone is 1. The summed E-state index contributed by atoms with van der Waals surface area (Å²) < 4.78 is 67.8. The molecule has 9 heteroatoms. The Bertz CT molecular complexity index is 531. The maximum Gasteiger partial charge on any atom is 0.534 e. The van der Waals surface area contributed by atoms with Crippen LogP contribution in [0.15, 0.2) is 11.3 Å². The third-order valence-electron chi connectivity index (χ3n) is 3.04. The molecule has 0 amide bonds. The third kappa shape index (κ3) is 3.25. The van der Waals surface area contributed by atoms with Gasteiger partial charge in [0.05, 0.1) is 12.7 Å². The molecule has 1 aliphatic carbocycles. The Morgan fingerprint density at radius 1 is 1.30 bits per heavy atom. The van der Waals surface area contributed by atoms with Crippen LogP contribution in [0.3, 0.4) is 0 Å². The van der Waals surface area contributed by atoms with Crippen molar-refractivity contribution >= 4 is 16.1 Å². The molecule has 0 atom stereocenters. The summed E-state index contributed by atoms with van der Waals surface area (Å²) in [4.78, 5) is 11.7. The summed E-state index contributed by atoms with van der Waals surface area (Å²) in [6.45, 7) is 3.23.